The van der Waals surface area contributed by atoms with Crippen molar-refractivity contribution in [2.24, 2.45) is 0 Å². The smallest absolute Gasteiger partial charge is 0.126 e. The highest BCUT2D eigenvalue weighted by Crippen LogP contribution is 2.13. The van der Waals surface area contributed by atoms with Crippen LogP contribution in [0.1, 0.15) is 17.5 Å². The molecule has 0 saturated heterocycles. The molecule has 0 N–H and O–H groups in total. The first-order valence-electron chi connectivity index (χ1n) is 3.93. The fraction of sp³-hybridized carbons (Fsp3) is 0.273. The summed E-state index contributed by atoms with van der Waals surface area (Å²) in [6.45, 7) is 1.90. The van der Waals surface area contributed by atoms with Gasteiger partial charge in [0.2, 0.25) is 0 Å². The van der Waals surface area contributed by atoms with Crippen LogP contribution in [0, 0.1) is 25.1 Å². The number of benzene rings is 1. The standard InChI is InChI=1S/C11H11F/c1-3-4-7-10-9(2)6-5-8-11(10)12/h1,5-6,8H,4,7H2,2H3. The minimum absolute atomic E-state index is 0.148. The van der Waals surface area contributed by atoms with Crippen LogP contribution in [0.3, 0.4) is 0 Å². The van der Waals surface area contributed by atoms with Crippen LogP contribution < -0.4 is 0 Å². The molecule has 62 valence electrons. The van der Waals surface area contributed by atoms with Gasteiger partial charge in [-0.3, -0.25) is 0 Å². The Morgan fingerprint density at radius 3 is 2.83 bits per heavy atom. The summed E-state index contributed by atoms with van der Waals surface area (Å²) in [4.78, 5) is 0. The molecule has 1 aromatic carbocycles. The molecule has 12 heavy (non-hydrogen) atoms. The fourth-order valence-electron chi connectivity index (χ4n) is 1.18. The van der Waals surface area contributed by atoms with Gasteiger partial charge in [0.05, 0.1) is 0 Å². The Balaban J connectivity index is 2.90. The summed E-state index contributed by atoms with van der Waals surface area (Å²) in [6, 6.07) is 5.08. The lowest BCUT2D eigenvalue weighted by Gasteiger charge is -2.03. The first kappa shape index (κ1) is 8.80. The van der Waals surface area contributed by atoms with Crippen LogP contribution in [-0.4, -0.2) is 0 Å². The van der Waals surface area contributed by atoms with E-state index >= 15 is 0 Å². The molecule has 0 unspecified atom stereocenters. The number of rotatable bonds is 2. The van der Waals surface area contributed by atoms with Crippen molar-refractivity contribution in [3.05, 3.63) is 35.1 Å². The number of hydrogen-bond donors (Lipinski definition) is 0. The first-order chi connectivity index (χ1) is 5.75. The zero-order chi connectivity index (χ0) is 8.97. The summed E-state index contributed by atoms with van der Waals surface area (Å²) in [6.07, 6.45) is 6.34. The van der Waals surface area contributed by atoms with Crippen molar-refractivity contribution >= 4 is 0 Å². The van der Waals surface area contributed by atoms with Crippen molar-refractivity contribution < 1.29 is 4.39 Å². The number of halogens is 1. The Morgan fingerprint density at radius 2 is 2.25 bits per heavy atom. The number of hydrogen-bond acceptors (Lipinski definition) is 0. The normalized spacial score (nSPS) is 9.42. The second-order valence-corrected chi connectivity index (χ2v) is 2.74. The molecule has 1 rings (SSSR count). The molecule has 0 bridgehead atoms. The van der Waals surface area contributed by atoms with Crippen LogP contribution in [0.25, 0.3) is 0 Å². The Morgan fingerprint density at radius 1 is 1.50 bits per heavy atom. The van der Waals surface area contributed by atoms with Gasteiger partial charge < -0.3 is 0 Å². The average molecular weight is 162 g/mol. The third kappa shape index (κ3) is 1.85. The quantitative estimate of drug-likeness (QED) is 0.586. The minimum atomic E-state index is -0.148. The van der Waals surface area contributed by atoms with Crippen LogP contribution in [-0.2, 0) is 6.42 Å². The van der Waals surface area contributed by atoms with E-state index in [4.69, 9.17) is 6.42 Å². The van der Waals surface area contributed by atoms with Crippen molar-refractivity contribution in [2.45, 2.75) is 19.8 Å². The summed E-state index contributed by atoms with van der Waals surface area (Å²) >= 11 is 0. The predicted molar refractivity (Wildman–Crippen MR) is 48.3 cm³/mol. The van der Waals surface area contributed by atoms with Gasteiger partial charge in [-0.15, -0.1) is 12.3 Å². The van der Waals surface area contributed by atoms with E-state index in [-0.39, 0.29) is 5.82 Å². The molecule has 1 aromatic rings. The monoisotopic (exact) mass is 162 g/mol. The average Bonchev–Trinajstić information content (AvgIpc) is 2.04. The minimum Gasteiger partial charge on any atom is -0.207 e. The van der Waals surface area contributed by atoms with E-state index in [1.807, 2.05) is 13.0 Å². The van der Waals surface area contributed by atoms with E-state index in [1.165, 1.54) is 6.07 Å². The summed E-state index contributed by atoms with van der Waals surface area (Å²) < 4.78 is 13.1. The van der Waals surface area contributed by atoms with Crippen molar-refractivity contribution in [2.75, 3.05) is 0 Å². The summed E-state index contributed by atoms with van der Waals surface area (Å²) in [5, 5.41) is 0. The van der Waals surface area contributed by atoms with Crippen molar-refractivity contribution in [3.63, 3.8) is 0 Å². The highest BCUT2D eigenvalue weighted by Gasteiger charge is 2.02. The summed E-state index contributed by atoms with van der Waals surface area (Å²) in [7, 11) is 0. The predicted octanol–water partition coefficient (Wildman–Crippen LogP) is 2.70. The molecule has 0 heterocycles. The van der Waals surface area contributed by atoms with Crippen molar-refractivity contribution in [3.8, 4) is 12.3 Å². The molecule has 1 heteroatoms. The zero-order valence-corrected chi connectivity index (χ0v) is 7.10. The summed E-state index contributed by atoms with van der Waals surface area (Å²) in [5.41, 5.74) is 1.72. The Hall–Kier alpha value is -1.29. The molecule has 0 aromatic heterocycles. The molecule has 0 aliphatic rings. The maximum atomic E-state index is 13.1. The molecule has 0 saturated carbocycles. The molecule has 0 amide bonds. The second kappa shape index (κ2) is 3.92. The van der Waals surface area contributed by atoms with E-state index < -0.39 is 0 Å². The molecule has 0 nitrogen and oxygen atoms in total. The van der Waals surface area contributed by atoms with Crippen molar-refractivity contribution in [1.82, 2.24) is 0 Å². The van der Waals surface area contributed by atoms with Gasteiger partial charge in [-0.25, -0.2) is 4.39 Å². The molecule has 0 aliphatic heterocycles. The Kier molecular flexibility index (Phi) is 2.88. The SMILES string of the molecule is C#CCCc1c(C)cccc1F. The van der Waals surface area contributed by atoms with E-state index in [9.17, 15) is 4.39 Å². The largest absolute Gasteiger partial charge is 0.207 e. The van der Waals surface area contributed by atoms with Gasteiger partial charge in [-0.05, 0) is 30.5 Å². The first-order valence-corrected chi connectivity index (χ1v) is 3.93. The molecular formula is C11H11F. The van der Waals surface area contributed by atoms with E-state index in [0.717, 1.165) is 11.1 Å². The Labute approximate surface area is 72.4 Å². The number of terminal acetylenes is 1. The maximum Gasteiger partial charge on any atom is 0.126 e. The van der Waals surface area contributed by atoms with Crippen LogP contribution in [0.5, 0.6) is 0 Å². The van der Waals surface area contributed by atoms with Gasteiger partial charge >= 0.3 is 0 Å². The van der Waals surface area contributed by atoms with Gasteiger partial charge in [0, 0.05) is 6.42 Å². The highest BCUT2D eigenvalue weighted by molar-refractivity contribution is 5.27. The third-order valence-electron chi connectivity index (χ3n) is 1.87. The van der Waals surface area contributed by atoms with Gasteiger partial charge in [0.25, 0.3) is 0 Å². The van der Waals surface area contributed by atoms with Gasteiger partial charge in [-0.1, -0.05) is 12.1 Å². The van der Waals surface area contributed by atoms with Gasteiger partial charge in [0.15, 0.2) is 0 Å². The number of aryl methyl sites for hydroxylation is 1. The van der Waals surface area contributed by atoms with Crippen LogP contribution in [0.15, 0.2) is 18.2 Å². The van der Waals surface area contributed by atoms with Gasteiger partial charge in [0.1, 0.15) is 5.82 Å². The molecule has 0 radical (unpaired) electrons. The van der Waals surface area contributed by atoms with E-state index in [2.05, 4.69) is 5.92 Å². The van der Waals surface area contributed by atoms with Crippen LogP contribution >= 0.6 is 0 Å². The molecular weight excluding hydrogens is 151 g/mol. The molecule has 0 spiro atoms. The van der Waals surface area contributed by atoms with Gasteiger partial charge in [-0.2, -0.15) is 0 Å². The Bertz CT molecular complexity index is 287. The highest BCUT2D eigenvalue weighted by atomic mass is 19.1. The lowest BCUT2D eigenvalue weighted by Crippen LogP contribution is -1.93. The van der Waals surface area contributed by atoms with E-state index in [0.29, 0.717) is 12.8 Å². The van der Waals surface area contributed by atoms with E-state index in [1.54, 1.807) is 6.07 Å². The molecule has 0 aliphatic carbocycles. The zero-order valence-electron chi connectivity index (χ0n) is 7.10. The fourth-order valence-corrected chi connectivity index (χ4v) is 1.18. The lowest BCUT2D eigenvalue weighted by atomic mass is 10.0. The van der Waals surface area contributed by atoms with Crippen LogP contribution in [0.4, 0.5) is 4.39 Å². The van der Waals surface area contributed by atoms with Crippen LogP contribution in [0.2, 0.25) is 0 Å². The summed E-state index contributed by atoms with van der Waals surface area (Å²) in [5.74, 6) is 2.36. The second-order valence-electron chi connectivity index (χ2n) is 2.74. The lowest BCUT2D eigenvalue weighted by molar-refractivity contribution is 0.608. The molecule has 0 fully saturated rings. The maximum absolute atomic E-state index is 13.1. The van der Waals surface area contributed by atoms with Crippen molar-refractivity contribution in [1.29, 1.82) is 0 Å². The molecule has 0 atom stereocenters. The third-order valence-corrected chi connectivity index (χ3v) is 1.87. The topological polar surface area (TPSA) is 0 Å².